The Morgan fingerprint density at radius 2 is 1.17 bits per heavy atom. The number of Topliss-reactive ketones (excluding diaryl/α,β-unsaturated/α-hetero) is 2. The Balaban J connectivity index is 1.22. The third-order valence-electron chi connectivity index (χ3n) is 12.6. The molecular formula is C43H53N3O24. The Morgan fingerprint density at radius 1 is 0.657 bits per heavy atom. The van der Waals surface area contributed by atoms with E-state index in [9.17, 15) is 43.2 Å². The smallest absolute Gasteiger partial charge is 0.404 e. The predicted molar refractivity (Wildman–Crippen MR) is 218 cm³/mol. The summed E-state index contributed by atoms with van der Waals surface area (Å²) in [4.78, 5) is 131. The largest absolute Gasteiger partial charge is 0.463 e. The molecule has 0 aromatic heterocycles. The van der Waals surface area contributed by atoms with Crippen LogP contribution < -0.4 is 5.73 Å². The van der Waals surface area contributed by atoms with Gasteiger partial charge in [0.25, 0.3) is 0 Å². The van der Waals surface area contributed by atoms with Crippen LogP contribution in [0.2, 0.25) is 0 Å². The van der Waals surface area contributed by atoms with Crippen LogP contribution >= 0.6 is 0 Å². The van der Waals surface area contributed by atoms with Crippen molar-refractivity contribution < 1.29 is 114 Å². The Bertz CT molecular complexity index is 2320. The summed E-state index contributed by atoms with van der Waals surface area (Å²) in [6.07, 6.45) is -16.1. The van der Waals surface area contributed by atoms with E-state index in [-0.39, 0.29) is 23.4 Å². The minimum Gasteiger partial charge on any atom is -0.463 e. The van der Waals surface area contributed by atoms with Crippen LogP contribution in [0.3, 0.4) is 0 Å². The maximum atomic E-state index is 15.1. The molecule has 0 radical (unpaired) electrons. The molecule has 0 spiro atoms. The average molecular weight is 996 g/mol. The summed E-state index contributed by atoms with van der Waals surface area (Å²) < 4.78 is 80.9. The number of ketones is 2. The summed E-state index contributed by atoms with van der Waals surface area (Å²) in [5, 5.41) is 0. The number of hydrogen-bond acceptors (Lipinski definition) is 26. The number of carbonyl (C=O) groups excluding carboxylic acids is 10. The Hall–Kier alpha value is -6.26. The number of nitrogens with zero attached hydrogens (tertiary/aromatic N) is 2. The van der Waals surface area contributed by atoms with E-state index in [0.717, 1.165) is 48.5 Å². The van der Waals surface area contributed by atoms with E-state index in [1.807, 2.05) is 0 Å². The Kier molecular flexibility index (Phi) is 14.4. The molecule has 27 nitrogen and oxygen atoms in total. The molecule has 1 aliphatic carbocycles. The van der Waals surface area contributed by atoms with E-state index in [4.69, 9.17) is 72.0 Å². The molecule has 6 aliphatic heterocycles. The van der Waals surface area contributed by atoms with Crippen LogP contribution in [0.15, 0.2) is 22.6 Å². The first kappa shape index (κ1) is 51.6. The maximum absolute atomic E-state index is 15.1. The zero-order valence-electron chi connectivity index (χ0n) is 39.6. The van der Waals surface area contributed by atoms with E-state index >= 15 is 4.79 Å². The van der Waals surface area contributed by atoms with Gasteiger partial charge in [-0.3, -0.25) is 43.2 Å². The number of carbonyl (C=O) groups is 10. The highest BCUT2D eigenvalue weighted by Crippen LogP contribution is 2.63. The van der Waals surface area contributed by atoms with E-state index in [2.05, 4.69) is 0 Å². The van der Waals surface area contributed by atoms with Gasteiger partial charge in [-0.2, -0.15) is 0 Å². The van der Waals surface area contributed by atoms with E-state index < -0.39 is 176 Å². The van der Waals surface area contributed by atoms with Crippen molar-refractivity contribution in [2.75, 3.05) is 33.5 Å². The van der Waals surface area contributed by atoms with Gasteiger partial charge in [0.1, 0.15) is 32.0 Å². The number of rotatable bonds is 15. The van der Waals surface area contributed by atoms with E-state index in [0.29, 0.717) is 0 Å². The van der Waals surface area contributed by atoms with Crippen molar-refractivity contribution in [2.45, 2.75) is 147 Å². The molecule has 0 bridgehead atoms. The van der Waals surface area contributed by atoms with Crippen LogP contribution in [0.25, 0.3) is 0 Å². The number of nitrogens with two attached hydrogens (primary N) is 1. The first-order valence-corrected chi connectivity index (χ1v) is 21.9. The second kappa shape index (κ2) is 19.5. The number of hydrogen-bond donors (Lipinski definition) is 1. The molecule has 0 aromatic rings. The highest BCUT2D eigenvalue weighted by molar-refractivity contribution is 6.25. The van der Waals surface area contributed by atoms with Gasteiger partial charge in [0.15, 0.2) is 48.3 Å². The number of allylic oxidation sites excluding steroid dienone is 2. The molecule has 7 aliphatic rings. The SMILES string of the molecule is CO[C@@]12[C@H](COC(N)=O)C3=C(C(=O)C(C)=C(O[C@@H]4O[C@H](COC(C)=O)[C@@H](OC(C)=O)[C@H](OC(C)=O)[C@H]4OC(C)=O)C3=O)N1C[C@H]1[C@@H]2N1C1(C)O[C@H]2O[C@H](COC(C)=O)[C@@H](OC(C)=O)[C@H](OC(C)=O)[C@H]2O1. The van der Waals surface area contributed by atoms with Crippen LogP contribution in [0.5, 0.6) is 0 Å². The molecule has 16 atom stereocenters. The van der Waals surface area contributed by atoms with Crippen molar-refractivity contribution in [3.63, 3.8) is 0 Å². The molecule has 2 unspecified atom stereocenters. The topological polar surface area (TPSA) is 332 Å². The zero-order chi connectivity index (χ0) is 51.5. The van der Waals surface area contributed by atoms with E-state index in [1.54, 1.807) is 9.80 Å². The van der Waals surface area contributed by atoms with Gasteiger partial charge in [0.2, 0.25) is 29.9 Å². The molecule has 70 heavy (non-hydrogen) atoms. The lowest BCUT2D eigenvalue weighted by Gasteiger charge is -2.44. The molecule has 7 rings (SSSR count). The zero-order valence-corrected chi connectivity index (χ0v) is 39.6. The predicted octanol–water partition coefficient (Wildman–Crippen LogP) is -1.56. The van der Waals surface area contributed by atoms with Gasteiger partial charge < -0.3 is 76.9 Å². The van der Waals surface area contributed by atoms with Gasteiger partial charge in [-0.25, -0.2) is 9.69 Å². The lowest BCUT2D eigenvalue weighted by atomic mass is 9.83. The molecular weight excluding hydrogens is 942 g/mol. The minimum absolute atomic E-state index is 0.0381. The highest BCUT2D eigenvalue weighted by Gasteiger charge is 2.81. The van der Waals surface area contributed by atoms with Crippen molar-refractivity contribution in [1.82, 2.24) is 9.80 Å². The van der Waals surface area contributed by atoms with Crippen LogP contribution in [-0.4, -0.2) is 188 Å². The van der Waals surface area contributed by atoms with Crippen molar-refractivity contribution in [2.24, 2.45) is 11.7 Å². The minimum atomic E-state index is -1.92. The third kappa shape index (κ3) is 9.39. The van der Waals surface area contributed by atoms with Crippen molar-refractivity contribution in [1.29, 1.82) is 0 Å². The molecule has 6 heterocycles. The fourth-order valence-electron chi connectivity index (χ4n) is 10.2. The molecule has 27 heteroatoms. The Labute approximate surface area is 398 Å². The summed E-state index contributed by atoms with van der Waals surface area (Å²) in [5.41, 5.74) is 3.03. The quantitative estimate of drug-likeness (QED) is 0.0839. The van der Waals surface area contributed by atoms with Gasteiger partial charge in [-0.05, 0) is 6.92 Å². The maximum Gasteiger partial charge on any atom is 0.404 e. The fourth-order valence-corrected chi connectivity index (χ4v) is 10.2. The van der Waals surface area contributed by atoms with E-state index in [1.165, 1.54) is 21.0 Å². The summed E-state index contributed by atoms with van der Waals surface area (Å²) in [6, 6.07) is -1.45. The van der Waals surface area contributed by atoms with Gasteiger partial charge in [0, 0.05) is 80.2 Å². The number of methoxy groups -OCH3 is 1. The van der Waals surface area contributed by atoms with Gasteiger partial charge >= 0.3 is 47.9 Å². The molecule has 2 N–H and O–H groups in total. The average Bonchev–Trinajstić information content (AvgIpc) is 3.58. The molecule has 1 amide bonds. The fraction of sp³-hybridized carbons (Fsp3) is 0.674. The number of piperazine rings is 1. The van der Waals surface area contributed by atoms with Crippen LogP contribution in [0.4, 0.5) is 4.79 Å². The highest BCUT2D eigenvalue weighted by atomic mass is 16.9. The molecule has 384 valence electrons. The van der Waals surface area contributed by atoms with Crippen LogP contribution in [-0.2, 0) is 109 Å². The number of amides is 1. The number of fused-ring (bicyclic) bond motifs is 5. The van der Waals surface area contributed by atoms with Crippen LogP contribution in [0, 0.1) is 5.92 Å². The van der Waals surface area contributed by atoms with Gasteiger partial charge in [-0.1, -0.05) is 0 Å². The summed E-state index contributed by atoms with van der Waals surface area (Å²) in [6.45, 7) is 8.58. The second-order valence-corrected chi connectivity index (χ2v) is 17.3. The van der Waals surface area contributed by atoms with Crippen molar-refractivity contribution in [3.8, 4) is 0 Å². The van der Waals surface area contributed by atoms with Gasteiger partial charge in [0.05, 0.1) is 23.7 Å². The second-order valence-electron chi connectivity index (χ2n) is 17.3. The van der Waals surface area contributed by atoms with Crippen molar-refractivity contribution >= 4 is 59.4 Å². The molecule has 0 aromatic carbocycles. The summed E-state index contributed by atoms with van der Waals surface area (Å²) in [7, 11) is 1.30. The standard InChI is InChI=1S/C43H53N3O24/c1-15-29(54)28-27(30(55)31(15)68-39-36(65-22(8)53)34(63-20(6)51)32(61-18(4)49)25(66-39)13-58-16(2)47)23(12-60-41(44)56)43(57-10)38-24(11-45(28)43)46(38)42(9)69-37-35(64-21(7)52)33(62-19(5)50)26(14-59-17(3)48)67-40(37)70-42/h23-26,32-40H,11-14H2,1-10H3,(H2,44,56)/t23-,24+,25-,26-,32-,33-,34+,35+,36-,37-,38+,39+,40-,42?,43-,46?/m1/s1. The molecule has 5 fully saturated rings. The monoisotopic (exact) mass is 995 g/mol. The molecule has 5 saturated heterocycles. The Morgan fingerprint density at radius 3 is 1.70 bits per heavy atom. The van der Waals surface area contributed by atoms with Crippen LogP contribution in [0.1, 0.15) is 62.3 Å². The number of primary amides is 1. The summed E-state index contributed by atoms with van der Waals surface area (Å²) >= 11 is 0. The lowest BCUT2D eigenvalue weighted by molar-refractivity contribution is -0.299. The van der Waals surface area contributed by atoms with Gasteiger partial charge in [-0.15, -0.1) is 0 Å². The number of ether oxygens (including phenoxy) is 14. The number of esters is 7. The first-order valence-electron chi connectivity index (χ1n) is 21.9. The summed E-state index contributed by atoms with van der Waals surface area (Å²) in [5.74, 6) is -11.3. The first-order chi connectivity index (χ1) is 32.8. The third-order valence-corrected chi connectivity index (χ3v) is 12.6. The molecule has 0 saturated carbocycles. The normalized spacial score (nSPS) is 36.9. The lowest BCUT2D eigenvalue weighted by Crippen LogP contribution is -2.63. The van der Waals surface area contributed by atoms with Crippen molar-refractivity contribution in [3.05, 3.63) is 22.6 Å².